The molecule has 0 saturated heterocycles. The molecule has 0 heterocycles. The van der Waals surface area contributed by atoms with Crippen LogP contribution in [0.1, 0.15) is 22.3 Å². The van der Waals surface area contributed by atoms with Crippen molar-refractivity contribution < 1.29 is 17.9 Å². The summed E-state index contributed by atoms with van der Waals surface area (Å²) in [6, 6.07) is 24.8. The Labute approximate surface area is 195 Å². The van der Waals surface area contributed by atoms with E-state index < -0.39 is 9.84 Å². The number of hydrogen-bond donors (Lipinski definition) is 0. The highest BCUT2D eigenvalue weighted by molar-refractivity contribution is 7.91. The predicted molar refractivity (Wildman–Crippen MR) is 130 cm³/mol. The highest BCUT2D eigenvalue weighted by Gasteiger charge is 2.18. The first-order chi connectivity index (χ1) is 15.7. The van der Waals surface area contributed by atoms with E-state index in [0.717, 1.165) is 33.8 Å². The van der Waals surface area contributed by atoms with Gasteiger partial charge in [-0.05, 0) is 99.5 Å². The largest absolute Gasteiger partial charge is 0.457 e. The summed E-state index contributed by atoms with van der Waals surface area (Å²) in [5.74, 6) is 2.66. The molecule has 168 valence electrons. The number of benzene rings is 4. The third-order valence-corrected chi connectivity index (χ3v) is 7.17. The summed E-state index contributed by atoms with van der Waals surface area (Å²) in [6.45, 7) is 8.01. The van der Waals surface area contributed by atoms with Crippen molar-refractivity contribution in [1.29, 1.82) is 0 Å². The third-order valence-electron chi connectivity index (χ3n) is 5.38. The van der Waals surface area contributed by atoms with Crippen LogP contribution in [-0.2, 0) is 9.84 Å². The van der Waals surface area contributed by atoms with E-state index in [-0.39, 0.29) is 9.79 Å². The number of hydrogen-bond acceptors (Lipinski definition) is 4. The summed E-state index contributed by atoms with van der Waals surface area (Å²) < 4.78 is 38.0. The molecule has 0 fully saturated rings. The summed E-state index contributed by atoms with van der Waals surface area (Å²) in [6.07, 6.45) is 0. The lowest BCUT2D eigenvalue weighted by atomic mass is 10.1. The Balaban J connectivity index is 1.50. The number of sulfone groups is 1. The molecule has 0 bridgehead atoms. The van der Waals surface area contributed by atoms with E-state index in [4.69, 9.17) is 9.47 Å². The second kappa shape index (κ2) is 9.12. The fourth-order valence-electron chi connectivity index (χ4n) is 3.59. The summed E-state index contributed by atoms with van der Waals surface area (Å²) in [4.78, 5) is 0.414. The van der Waals surface area contributed by atoms with Crippen LogP contribution in [0.3, 0.4) is 0 Å². The van der Waals surface area contributed by atoms with E-state index in [1.165, 1.54) is 0 Å². The molecular formula is C28H26O4S. The lowest BCUT2D eigenvalue weighted by Crippen LogP contribution is -2.02. The molecule has 0 unspecified atom stereocenters. The maximum Gasteiger partial charge on any atom is 0.206 e. The van der Waals surface area contributed by atoms with Crippen LogP contribution in [0.4, 0.5) is 0 Å². The average Bonchev–Trinajstić information content (AvgIpc) is 2.78. The highest BCUT2D eigenvalue weighted by atomic mass is 32.2. The molecule has 0 aliphatic heterocycles. The van der Waals surface area contributed by atoms with E-state index in [0.29, 0.717) is 11.5 Å². The van der Waals surface area contributed by atoms with Gasteiger partial charge in [0.05, 0.1) is 9.79 Å². The van der Waals surface area contributed by atoms with Crippen molar-refractivity contribution in [2.24, 2.45) is 0 Å². The Morgan fingerprint density at radius 1 is 0.515 bits per heavy atom. The van der Waals surface area contributed by atoms with Crippen LogP contribution in [0.2, 0.25) is 0 Å². The van der Waals surface area contributed by atoms with Crippen LogP contribution >= 0.6 is 0 Å². The van der Waals surface area contributed by atoms with Gasteiger partial charge in [-0.2, -0.15) is 0 Å². The smallest absolute Gasteiger partial charge is 0.206 e. The number of aryl methyl sites for hydroxylation is 4. The van der Waals surface area contributed by atoms with E-state index in [2.05, 4.69) is 0 Å². The van der Waals surface area contributed by atoms with Gasteiger partial charge in [0.15, 0.2) is 0 Å². The zero-order valence-electron chi connectivity index (χ0n) is 19.1. The molecule has 0 amide bonds. The monoisotopic (exact) mass is 458 g/mol. The van der Waals surface area contributed by atoms with E-state index in [1.807, 2.05) is 64.1 Å². The van der Waals surface area contributed by atoms with Crippen LogP contribution in [0.15, 0.2) is 94.7 Å². The van der Waals surface area contributed by atoms with Gasteiger partial charge in [0.2, 0.25) is 9.84 Å². The standard InChI is InChI=1S/C28H26O4S/c1-19-5-15-27(21(3)17-19)31-23-7-11-25(12-8-23)33(29,30)26-13-9-24(10-14-26)32-28-16-6-20(2)18-22(28)4/h5-18H,1-4H3. The Morgan fingerprint density at radius 2 is 0.879 bits per heavy atom. The molecule has 4 aromatic rings. The van der Waals surface area contributed by atoms with Crippen molar-refractivity contribution in [3.05, 3.63) is 107 Å². The molecular weight excluding hydrogens is 432 g/mol. The normalized spacial score (nSPS) is 11.3. The fourth-order valence-corrected chi connectivity index (χ4v) is 4.85. The number of rotatable bonds is 6. The summed E-state index contributed by atoms with van der Waals surface area (Å²) in [5, 5.41) is 0. The van der Waals surface area contributed by atoms with Gasteiger partial charge in [-0.3, -0.25) is 0 Å². The van der Waals surface area contributed by atoms with Crippen LogP contribution in [0, 0.1) is 27.7 Å². The zero-order chi connectivity index (χ0) is 23.6. The minimum atomic E-state index is -3.66. The van der Waals surface area contributed by atoms with E-state index in [1.54, 1.807) is 48.5 Å². The first kappa shape index (κ1) is 22.6. The van der Waals surface area contributed by atoms with Crippen molar-refractivity contribution in [3.8, 4) is 23.0 Å². The lowest BCUT2D eigenvalue weighted by molar-refractivity contribution is 0.478. The van der Waals surface area contributed by atoms with Gasteiger partial charge in [-0.25, -0.2) is 8.42 Å². The first-order valence-corrected chi connectivity index (χ1v) is 12.2. The van der Waals surface area contributed by atoms with Crippen molar-refractivity contribution in [3.63, 3.8) is 0 Å². The van der Waals surface area contributed by atoms with Crippen LogP contribution in [0.5, 0.6) is 23.0 Å². The van der Waals surface area contributed by atoms with Gasteiger partial charge < -0.3 is 9.47 Å². The zero-order valence-corrected chi connectivity index (χ0v) is 19.9. The van der Waals surface area contributed by atoms with Gasteiger partial charge in [0.25, 0.3) is 0 Å². The molecule has 4 nitrogen and oxygen atoms in total. The Morgan fingerprint density at radius 3 is 1.21 bits per heavy atom. The average molecular weight is 459 g/mol. The molecule has 4 rings (SSSR count). The van der Waals surface area contributed by atoms with Gasteiger partial charge in [-0.1, -0.05) is 35.4 Å². The highest BCUT2D eigenvalue weighted by Crippen LogP contribution is 2.30. The molecule has 0 radical (unpaired) electrons. The maximum atomic E-state index is 13.1. The summed E-state index contributed by atoms with van der Waals surface area (Å²) in [5.41, 5.74) is 4.36. The molecule has 0 aliphatic carbocycles. The lowest BCUT2D eigenvalue weighted by Gasteiger charge is -2.11. The topological polar surface area (TPSA) is 52.6 Å². The summed E-state index contributed by atoms with van der Waals surface area (Å²) >= 11 is 0. The molecule has 0 aromatic heterocycles. The van der Waals surface area contributed by atoms with Crippen molar-refractivity contribution >= 4 is 9.84 Å². The Kier molecular flexibility index (Phi) is 6.25. The maximum absolute atomic E-state index is 13.1. The molecule has 0 N–H and O–H groups in total. The van der Waals surface area contributed by atoms with E-state index in [9.17, 15) is 8.42 Å². The molecule has 0 aliphatic rings. The van der Waals surface area contributed by atoms with Gasteiger partial charge in [0, 0.05) is 0 Å². The Bertz CT molecular complexity index is 1280. The predicted octanol–water partition coefficient (Wildman–Crippen LogP) is 7.34. The molecule has 0 saturated carbocycles. The minimum absolute atomic E-state index is 0.207. The fraction of sp³-hybridized carbons (Fsp3) is 0.143. The van der Waals surface area contributed by atoms with Gasteiger partial charge in [0.1, 0.15) is 23.0 Å². The molecule has 33 heavy (non-hydrogen) atoms. The Hall–Kier alpha value is -3.57. The van der Waals surface area contributed by atoms with Crippen LogP contribution < -0.4 is 9.47 Å². The second-order valence-electron chi connectivity index (χ2n) is 8.19. The van der Waals surface area contributed by atoms with E-state index >= 15 is 0 Å². The first-order valence-electron chi connectivity index (χ1n) is 10.7. The number of ether oxygens (including phenoxy) is 2. The molecule has 0 atom stereocenters. The minimum Gasteiger partial charge on any atom is -0.457 e. The van der Waals surface area contributed by atoms with Crippen molar-refractivity contribution in [1.82, 2.24) is 0 Å². The molecule has 0 spiro atoms. The van der Waals surface area contributed by atoms with Crippen molar-refractivity contribution in [2.45, 2.75) is 37.5 Å². The van der Waals surface area contributed by atoms with Crippen LogP contribution in [-0.4, -0.2) is 8.42 Å². The third kappa shape index (κ3) is 5.10. The van der Waals surface area contributed by atoms with Gasteiger partial charge in [-0.15, -0.1) is 0 Å². The van der Waals surface area contributed by atoms with Gasteiger partial charge >= 0.3 is 0 Å². The SMILES string of the molecule is Cc1ccc(Oc2ccc(S(=O)(=O)c3ccc(Oc4ccc(C)cc4C)cc3)cc2)c(C)c1. The van der Waals surface area contributed by atoms with Crippen molar-refractivity contribution in [2.75, 3.05) is 0 Å². The summed E-state index contributed by atoms with van der Waals surface area (Å²) in [7, 11) is -3.66. The molecule has 5 heteroatoms. The second-order valence-corrected chi connectivity index (χ2v) is 10.1. The molecule has 4 aromatic carbocycles. The quantitative estimate of drug-likeness (QED) is 0.303. The van der Waals surface area contributed by atoms with Crippen LogP contribution in [0.25, 0.3) is 0 Å².